The van der Waals surface area contributed by atoms with Gasteiger partial charge in [-0.25, -0.2) is 0 Å². The van der Waals surface area contributed by atoms with Gasteiger partial charge in [-0.3, -0.25) is 24.3 Å². The fraction of sp³-hybridized carbons (Fsp3) is 0.440. The quantitative estimate of drug-likeness (QED) is 0.384. The molecule has 1 aromatic carbocycles. The number of para-hydroxylation sites is 1. The summed E-state index contributed by atoms with van der Waals surface area (Å²) in [4.78, 5) is 47.2. The zero-order chi connectivity index (χ0) is 23.8. The lowest BCUT2D eigenvalue weighted by molar-refractivity contribution is -0.143. The third-order valence-electron chi connectivity index (χ3n) is 6.07. The van der Waals surface area contributed by atoms with Gasteiger partial charge in [-0.05, 0) is 37.1 Å². The molecule has 176 valence electrons. The summed E-state index contributed by atoms with van der Waals surface area (Å²) in [6.45, 7) is 3.47. The van der Waals surface area contributed by atoms with E-state index in [9.17, 15) is 14.4 Å². The molecule has 0 saturated carbocycles. The summed E-state index contributed by atoms with van der Waals surface area (Å²) in [5, 5.41) is 0. The van der Waals surface area contributed by atoms with Crippen LogP contribution in [0.15, 0.2) is 48.8 Å². The van der Waals surface area contributed by atoms with E-state index < -0.39 is 5.41 Å². The number of methoxy groups -OCH3 is 2. The van der Waals surface area contributed by atoms with E-state index in [4.69, 9.17) is 9.47 Å². The van der Waals surface area contributed by atoms with E-state index in [1.54, 1.807) is 48.7 Å². The SMILES string of the molecule is CCN(Cc1ccncc1)C(=O)C[C@]1(c2ccccc2OC)CC(=O)N(CCCOC)C1=O. The molecular weight excluding hydrogens is 422 g/mol. The van der Waals surface area contributed by atoms with Crippen LogP contribution in [0.2, 0.25) is 0 Å². The highest BCUT2D eigenvalue weighted by atomic mass is 16.5. The molecule has 8 heteroatoms. The van der Waals surface area contributed by atoms with Crippen molar-refractivity contribution in [1.82, 2.24) is 14.8 Å². The Kier molecular flexibility index (Phi) is 8.16. The van der Waals surface area contributed by atoms with Crippen LogP contribution >= 0.6 is 0 Å². The number of amides is 3. The summed E-state index contributed by atoms with van der Waals surface area (Å²) < 4.78 is 10.6. The van der Waals surface area contributed by atoms with Gasteiger partial charge in [0.1, 0.15) is 5.75 Å². The van der Waals surface area contributed by atoms with Crippen molar-refractivity contribution in [1.29, 1.82) is 0 Å². The average molecular weight is 454 g/mol. The topological polar surface area (TPSA) is 89.0 Å². The maximum Gasteiger partial charge on any atom is 0.241 e. The van der Waals surface area contributed by atoms with Gasteiger partial charge < -0.3 is 14.4 Å². The molecular formula is C25H31N3O5. The van der Waals surface area contributed by atoms with Gasteiger partial charge in [-0.2, -0.15) is 0 Å². The molecule has 0 unspecified atom stereocenters. The summed E-state index contributed by atoms with van der Waals surface area (Å²) >= 11 is 0. The number of rotatable bonds is 11. The van der Waals surface area contributed by atoms with Crippen LogP contribution in [0.25, 0.3) is 0 Å². The first kappa shape index (κ1) is 24.4. The molecule has 0 bridgehead atoms. The molecule has 1 saturated heterocycles. The van der Waals surface area contributed by atoms with Crippen LogP contribution in [0.5, 0.6) is 5.75 Å². The first-order valence-corrected chi connectivity index (χ1v) is 11.1. The van der Waals surface area contributed by atoms with Gasteiger partial charge in [0.15, 0.2) is 0 Å². The van der Waals surface area contributed by atoms with Crippen LogP contribution in [0, 0.1) is 0 Å². The predicted octanol–water partition coefficient (Wildman–Crippen LogP) is 2.56. The molecule has 8 nitrogen and oxygen atoms in total. The highest BCUT2D eigenvalue weighted by molar-refractivity contribution is 6.11. The Hall–Kier alpha value is -3.26. The molecule has 0 radical (unpaired) electrons. The number of likely N-dealkylation sites (tertiary alicyclic amines) is 1. The molecule has 2 heterocycles. The van der Waals surface area contributed by atoms with Crippen LogP contribution in [0.3, 0.4) is 0 Å². The minimum atomic E-state index is -1.31. The molecule has 0 aliphatic carbocycles. The Labute approximate surface area is 194 Å². The number of ether oxygens (including phenoxy) is 2. The molecule has 1 aliphatic rings. The number of pyridine rings is 1. The summed E-state index contributed by atoms with van der Waals surface area (Å²) in [7, 11) is 3.10. The maximum atomic E-state index is 13.7. The first-order chi connectivity index (χ1) is 16.0. The first-order valence-electron chi connectivity index (χ1n) is 11.1. The van der Waals surface area contributed by atoms with Gasteiger partial charge in [0.2, 0.25) is 17.7 Å². The Morgan fingerprint density at radius 2 is 1.88 bits per heavy atom. The highest BCUT2D eigenvalue weighted by Gasteiger charge is 2.55. The maximum absolute atomic E-state index is 13.7. The molecule has 3 rings (SSSR count). The van der Waals surface area contributed by atoms with Crippen LogP contribution in [0.4, 0.5) is 0 Å². The molecule has 0 spiro atoms. The number of carbonyl (C=O) groups is 3. The van der Waals surface area contributed by atoms with Crippen molar-refractivity contribution in [2.24, 2.45) is 0 Å². The summed E-state index contributed by atoms with van der Waals surface area (Å²) in [5.41, 5.74) is 0.203. The van der Waals surface area contributed by atoms with E-state index >= 15 is 0 Å². The number of benzene rings is 1. The van der Waals surface area contributed by atoms with Crippen LogP contribution in [-0.4, -0.2) is 66.4 Å². The van der Waals surface area contributed by atoms with Crippen molar-refractivity contribution in [2.45, 2.75) is 38.1 Å². The molecule has 1 fully saturated rings. The van der Waals surface area contributed by atoms with Gasteiger partial charge in [0.25, 0.3) is 0 Å². The van der Waals surface area contributed by atoms with E-state index in [1.807, 2.05) is 19.1 Å². The van der Waals surface area contributed by atoms with Crippen LogP contribution in [-0.2, 0) is 31.1 Å². The minimum Gasteiger partial charge on any atom is -0.496 e. The summed E-state index contributed by atoms with van der Waals surface area (Å²) in [5.74, 6) is -0.351. The number of imide groups is 1. The lowest BCUT2D eigenvalue weighted by atomic mass is 9.75. The van der Waals surface area contributed by atoms with Gasteiger partial charge >= 0.3 is 0 Å². The lowest BCUT2D eigenvalue weighted by Gasteiger charge is -2.31. The van der Waals surface area contributed by atoms with Crippen molar-refractivity contribution in [3.05, 3.63) is 59.9 Å². The van der Waals surface area contributed by atoms with Gasteiger partial charge in [-0.15, -0.1) is 0 Å². The van der Waals surface area contributed by atoms with Crippen LogP contribution in [0.1, 0.15) is 37.3 Å². The largest absolute Gasteiger partial charge is 0.496 e. The third kappa shape index (κ3) is 5.22. The molecule has 2 aromatic rings. The summed E-state index contributed by atoms with van der Waals surface area (Å²) in [6, 6.07) is 10.8. The minimum absolute atomic E-state index is 0.0717. The standard InChI is InChI=1S/C25H31N3O5/c1-4-27(18-19-10-12-26-13-11-19)22(29)16-25(20-8-5-6-9-21(20)33-3)17-23(30)28(24(25)31)14-7-15-32-2/h5-6,8-13H,4,7,14-18H2,1-3H3/t25-/m1/s1. The van der Waals surface area contributed by atoms with Crippen molar-refractivity contribution in [3.63, 3.8) is 0 Å². The van der Waals surface area contributed by atoms with E-state index in [2.05, 4.69) is 4.98 Å². The molecule has 1 aliphatic heterocycles. The Bertz CT molecular complexity index is 981. The number of nitrogens with zero attached hydrogens (tertiary/aromatic N) is 3. The normalized spacial score (nSPS) is 18.0. The summed E-state index contributed by atoms with van der Waals surface area (Å²) in [6.07, 6.45) is 3.71. The zero-order valence-corrected chi connectivity index (χ0v) is 19.5. The molecule has 33 heavy (non-hydrogen) atoms. The van der Waals surface area contributed by atoms with Crippen molar-refractivity contribution in [3.8, 4) is 5.75 Å². The van der Waals surface area contributed by atoms with Gasteiger partial charge in [-0.1, -0.05) is 18.2 Å². The smallest absolute Gasteiger partial charge is 0.241 e. The number of hydrogen-bond donors (Lipinski definition) is 0. The molecule has 3 amide bonds. The van der Waals surface area contributed by atoms with Gasteiger partial charge in [0, 0.05) is 64.1 Å². The lowest BCUT2D eigenvalue weighted by Crippen LogP contribution is -2.43. The highest BCUT2D eigenvalue weighted by Crippen LogP contribution is 2.44. The Balaban J connectivity index is 1.95. The van der Waals surface area contributed by atoms with Crippen LogP contribution < -0.4 is 4.74 Å². The average Bonchev–Trinajstić information content (AvgIpc) is 3.07. The third-order valence-corrected chi connectivity index (χ3v) is 6.07. The van der Waals surface area contributed by atoms with E-state index in [0.717, 1.165) is 5.56 Å². The second-order valence-corrected chi connectivity index (χ2v) is 8.10. The second-order valence-electron chi connectivity index (χ2n) is 8.10. The van der Waals surface area contributed by atoms with Gasteiger partial charge in [0.05, 0.1) is 12.5 Å². The fourth-order valence-corrected chi connectivity index (χ4v) is 4.33. The van der Waals surface area contributed by atoms with E-state index in [0.29, 0.717) is 37.4 Å². The molecule has 0 N–H and O–H groups in total. The zero-order valence-electron chi connectivity index (χ0n) is 19.5. The molecule has 1 aromatic heterocycles. The van der Waals surface area contributed by atoms with E-state index in [-0.39, 0.29) is 37.1 Å². The van der Waals surface area contributed by atoms with Crippen molar-refractivity contribution in [2.75, 3.05) is 33.9 Å². The van der Waals surface area contributed by atoms with Crippen molar-refractivity contribution >= 4 is 17.7 Å². The number of carbonyl (C=O) groups excluding carboxylic acids is 3. The van der Waals surface area contributed by atoms with Crippen molar-refractivity contribution < 1.29 is 23.9 Å². The Morgan fingerprint density at radius 1 is 1.15 bits per heavy atom. The number of hydrogen-bond acceptors (Lipinski definition) is 6. The monoisotopic (exact) mass is 453 g/mol. The predicted molar refractivity (Wildman–Crippen MR) is 122 cm³/mol. The fourth-order valence-electron chi connectivity index (χ4n) is 4.33. The number of aromatic nitrogens is 1. The van der Waals surface area contributed by atoms with E-state index in [1.165, 1.54) is 12.0 Å². The second kappa shape index (κ2) is 11.0. The molecule has 1 atom stereocenters. The Morgan fingerprint density at radius 3 is 2.55 bits per heavy atom.